The standard InChI is InChI=1S/C23H25F2N3O5/c1-32-19-12-16(8-9-18(19)33-23(24)25)22(31)27-14-20(29)26-13-15-5-4-6-17(11-15)28-10-3-2-7-21(28)30/h4-6,8-9,11-12,23H,2-3,7,10,13-14H2,1H3,(H,26,29)(H,27,31). The van der Waals surface area contributed by atoms with Gasteiger partial charge in [0.2, 0.25) is 11.8 Å². The highest BCUT2D eigenvalue weighted by atomic mass is 19.3. The maximum Gasteiger partial charge on any atom is 0.387 e. The lowest BCUT2D eigenvalue weighted by atomic mass is 10.1. The van der Waals surface area contributed by atoms with Gasteiger partial charge in [-0.3, -0.25) is 14.4 Å². The van der Waals surface area contributed by atoms with Crippen molar-refractivity contribution < 1.29 is 32.6 Å². The molecular weight excluding hydrogens is 436 g/mol. The Labute approximate surface area is 189 Å². The molecule has 3 rings (SSSR count). The van der Waals surface area contributed by atoms with Crippen molar-refractivity contribution in [1.29, 1.82) is 0 Å². The number of rotatable bonds is 9. The first-order valence-electron chi connectivity index (χ1n) is 10.4. The quantitative estimate of drug-likeness (QED) is 0.599. The predicted molar refractivity (Wildman–Crippen MR) is 116 cm³/mol. The first-order chi connectivity index (χ1) is 15.9. The number of hydrogen-bond donors (Lipinski definition) is 2. The average Bonchev–Trinajstić information content (AvgIpc) is 2.81. The molecule has 2 aromatic rings. The number of amides is 3. The zero-order valence-corrected chi connectivity index (χ0v) is 18.1. The molecule has 0 aromatic heterocycles. The number of hydrogen-bond acceptors (Lipinski definition) is 5. The van der Waals surface area contributed by atoms with Crippen LogP contribution in [0.4, 0.5) is 14.5 Å². The fourth-order valence-electron chi connectivity index (χ4n) is 3.44. The molecule has 2 aromatic carbocycles. The molecule has 0 radical (unpaired) electrons. The van der Waals surface area contributed by atoms with Crippen LogP contribution < -0.4 is 25.0 Å². The van der Waals surface area contributed by atoms with E-state index in [0.717, 1.165) is 24.1 Å². The van der Waals surface area contributed by atoms with Crippen LogP contribution in [0, 0.1) is 0 Å². The van der Waals surface area contributed by atoms with E-state index in [4.69, 9.17) is 4.74 Å². The van der Waals surface area contributed by atoms with Gasteiger partial charge in [0.05, 0.1) is 13.7 Å². The van der Waals surface area contributed by atoms with Gasteiger partial charge in [-0.2, -0.15) is 8.78 Å². The molecule has 10 heteroatoms. The second-order valence-electron chi connectivity index (χ2n) is 7.38. The van der Waals surface area contributed by atoms with Crippen LogP contribution in [-0.2, 0) is 16.1 Å². The van der Waals surface area contributed by atoms with E-state index in [1.54, 1.807) is 4.90 Å². The van der Waals surface area contributed by atoms with Crippen molar-refractivity contribution in [2.24, 2.45) is 0 Å². The second kappa shape index (κ2) is 11.3. The molecule has 33 heavy (non-hydrogen) atoms. The fraction of sp³-hybridized carbons (Fsp3) is 0.348. The van der Waals surface area contributed by atoms with Crippen molar-refractivity contribution in [3.63, 3.8) is 0 Å². The Bertz CT molecular complexity index is 1020. The SMILES string of the molecule is COc1cc(C(=O)NCC(=O)NCc2cccc(N3CCCCC3=O)c2)ccc1OC(F)F. The molecule has 1 heterocycles. The maximum atomic E-state index is 12.4. The molecule has 3 amide bonds. The molecule has 0 aliphatic carbocycles. The van der Waals surface area contributed by atoms with E-state index < -0.39 is 18.4 Å². The minimum Gasteiger partial charge on any atom is -0.493 e. The lowest BCUT2D eigenvalue weighted by Crippen LogP contribution is -2.37. The highest BCUT2D eigenvalue weighted by Crippen LogP contribution is 2.29. The van der Waals surface area contributed by atoms with E-state index >= 15 is 0 Å². The summed E-state index contributed by atoms with van der Waals surface area (Å²) in [6.45, 7) is -2.39. The van der Waals surface area contributed by atoms with Crippen LogP contribution in [0.15, 0.2) is 42.5 Å². The van der Waals surface area contributed by atoms with Crippen LogP contribution in [-0.4, -0.2) is 44.5 Å². The third-order valence-corrected chi connectivity index (χ3v) is 5.09. The first kappa shape index (κ1) is 24.0. The minimum atomic E-state index is -3.02. The molecule has 8 nitrogen and oxygen atoms in total. The van der Waals surface area contributed by atoms with Gasteiger partial charge in [0.1, 0.15) is 0 Å². The number of ether oxygens (including phenoxy) is 2. The van der Waals surface area contributed by atoms with Crippen LogP contribution in [0.5, 0.6) is 11.5 Å². The molecule has 1 fully saturated rings. The minimum absolute atomic E-state index is 0.0283. The molecule has 0 bridgehead atoms. The van der Waals surface area contributed by atoms with E-state index in [1.165, 1.54) is 25.3 Å². The number of halogens is 2. The molecule has 176 valence electrons. The zero-order chi connectivity index (χ0) is 23.8. The van der Waals surface area contributed by atoms with Crippen molar-refractivity contribution in [1.82, 2.24) is 10.6 Å². The number of alkyl halides is 2. The third kappa shape index (κ3) is 6.64. The average molecular weight is 461 g/mol. The summed E-state index contributed by atoms with van der Waals surface area (Å²) in [6, 6.07) is 11.1. The Balaban J connectivity index is 1.51. The second-order valence-corrected chi connectivity index (χ2v) is 7.38. The molecule has 0 atom stereocenters. The van der Waals surface area contributed by atoms with Crippen LogP contribution in [0.3, 0.4) is 0 Å². The fourth-order valence-corrected chi connectivity index (χ4v) is 3.44. The highest BCUT2D eigenvalue weighted by molar-refractivity contribution is 5.97. The molecule has 1 aliphatic rings. The van der Waals surface area contributed by atoms with Gasteiger partial charge in [-0.05, 0) is 48.7 Å². The van der Waals surface area contributed by atoms with Crippen LogP contribution >= 0.6 is 0 Å². The van der Waals surface area contributed by atoms with Crippen molar-refractivity contribution in [2.45, 2.75) is 32.4 Å². The molecule has 0 unspecified atom stereocenters. The Hall–Kier alpha value is -3.69. The van der Waals surface area contributed by atoms with Gasteiger partial charge in [0.25, 0.3) is 5.91 Å². The largest absolute Gasteiger partial charge is 0.493 e. The lowest BCUT2D eigenvalue weighted by molar-refractivity contribution is -0.120. The lowest BCUT2D eigenvalue weighted by Gasteiger charge is -2.27. The summed E-state index contributed by atoms with van der Waals surface area (Å²) in [5.41, 5.74) is 1.75. The van der Waals surface area contributed by atoms with Crippen LogP contribution in [0.1, 0.15) is 35.2 Å². The number of nitrogens with zero attached hydrogens (tertiary/aromatic N) is 1. The Morgan fingerprint density at radius 3 is 2.64 bits per heavy atom. The Morgan fingerprint density at radius 1 is 1.09 bits per heavy atom. The summed E-state index contributed by atoms with van der Waals surface area (Å²) < 4.78 is 34.1. The van der Waals surface area contributed by atoms with E-state index in [0.29, 0.717) is 13.0 Å². The molecule has 1 aliphatic heterocycles. The highest BCUT2D eigenvalue weighted by Gasteiger charge is 2.20. The van der Waals surface area contributed by atoms with Crippen molar-refractivity contribution in [3.05, 3.63) is 53.6 Å². The number of piperidine rings is 1. The summed E-state index contributed by atoms with van der Waals surface area (Å²) in [7, 11) is 1.26. The van der Waals surface area contributed by atoms with Crippen molar-refractivity contribution in [2.75, 3.05) is 25.1 Å². The van der Waals surface area contributed by atoms with Gasteiger partial charge in [0.15, 0.2) is 11.5 Å². The molecule has 2 N–H and O–H groups in total. The van der Waals surface area contributed by atoms with E-state index in [2.05, 4.69) is 15.4 Å². The van der Waals surface area contributed by atoms with Gasteiger partial charge in [-0.15, -0.1) is 0 Å². The number of anilines is 1. The summed E-state index contributed by atoms with van der Waals surface area (Å²) in [5, 5.41) is 5.18. The first-order valence-corrected chi connectivity index (χ1v) is 10.4. The number of carbonyl (C=O) groups excluding carboxylic acids is 3. The van der Waals surface area contributed by atoms with Gasteiger partial charge >= 0.3 is 6.61 Å². The topological polar surface area (TPSA) is 97.0 Å². The summed E-state index contributed by atoms with van der Waals surface area (Å²) in [4.78, 5) is 38.3. The summed E-state index contributed by atoms with van der Waals surface area (Å²) >= 11 is 0. The van der Waals surface area contributed by atoms with E-state index in [-0.39, 0.29) is 36.1 Å². The van der Waals surface area contributed by atoms with Crippen LogP contribution in [0.25, 0.3) is 0 Å². The molecular formula is C23H25F2N3O5. The number of methoxy groups -OCH3 is 1. The Morgan fingerprint density at radius 2 is 1.91 bits per heavy atom. The van der Waals surface area contributed by atoms with E-state index in [9.17, 15) is 23.2 Å². The van der Waals surface area contributed by atoms with Gasteiger partial charge < -0.3 is 25.0 Å². The maximum absolute atomic E-state index is 12.4. The molecule has 1 saturated heterocycles. The zero-order valence-electron chi connectivity index (χ0n) is 18.1. The van der Waals surface area contributed by atoms with Crippen LogP contribution in [0.2, 0.25) is 0 Å². The van der Waals surface area contributed by atoms with Gasteiger partial charge in [-0.1, -0.05) is 12.1 Å². The Kier molecular flexibility index (Phi) is 8.17. The predicted octanol–water partition coefficient (Wildman–Crippen LogP) is 2.86. The number of benzene rings is 2. The third-order valence-electron chi connectivity index (χ3n) is 5.09. The van der Waals surface area contributed by atoms with Gasteiger partial charge in [0, 0.05) is 30.8 Å². The summed E-state index contributed by atoms with van der Waals surface area (Å²) in [6.07, 6.45) is 2.39. The summed E-state index contributed by atoms with van der Waals surface area (Å²) in [5.74, 6) is -1.12. The van der Waals surface area contributed by atoms with Crippen molar-refractivity contribution >= 4 is 23.4 Å². The normalized spacial score (nSPS) is 13.6. The van der Waals surface area contributed by atoms with E-state index in [1.807, 2.05) is 24.3 Å². The molecule has 0 saturated carbocycles. The smallest absolute Gasteiger partial charge is 0.387 e. The number of carbonyl (C=O) groups is 3. The van der Waals surface area contributed by atoms with Crippen molar-refractivity contribution in [3.8, 4) is 11.5 Å². The monoisotopic (exact) mass is 461 g/mol. The van der Waals surface area contributed by atoms with Gasteiger partial charge in [-0.25, -0.2) is 0 Å². The molecule has 0 spiro atoms. The number of nitrogens with one attached hydrogen (secondary N) is 2.